The Bertz CT molecular complexity index is 3210. The number of hydrogen-bond acceptors (Lipinski definition) is 7. The minimum Gasteiger partial charge on any atom is -0.488 e. The third-order valence-electron chi connectivity index (χ3n) is 10.1. The fourth-order valence-corrected chi connectivity index (χ4v) is 9.08. The van der Waals surface area contributed by atoms with Crippen molar-refractivity contribution < 1.29 is 31.1 Å². The molecular weight excluding hydrogens is 904 g/mol. The second kappa shape index (κ2) is 20.1. The first kappa shape index (κ1) is 46.4. The second-order valence-electron chi connectivity index (χ2n) is 14.9. The number of ether oxygens (including phenoxy) is 2. The Labute approximate surface area is 388 Å². The van der Waals surface area contributed by atoms with E-state index in [-0.39, 0.29) is 9.79 Å². The first-order valence-electron chi connectivity index (χ1n) is 20.1. The number of aryl methyl sites for hydroxylation is 2. The number of halogens is 2. The summed E-state index contributed by atoms with van der Waals surface area (Å²) >= 11 is 12.7. The van der Waals surface area contributed by atoms with Crippen molar-refractivity contribution in [1.82, 2.24) is 13.9 Å². The Morgan fingerprint density at radius 3 is 1.42 bits per heavy atom. The van der Waals surface area contributed by atoms with Crippen molar-refractivity contribution in [1.29, 1.82) is 0 Å². The summed E-state index contributed by atoms with van der Waals surface area (Å²) in [5.74, 6) is 0.673. The molecule has 0 spiro atoms. The molecule has 0 aliphatic carbocycles. The molecule has 0 aliphatic rings. The highest BCUT2D eigenvalue weighted by atomic mass is 35.5. The lowest BCUT2D eigenvalue weighted by atomic mass is 10.1. The number of sulfonamides is 2. The fraction of sp³-hybridized carbons (Fsp3) is 0.100. The Morgan fingerprint density at radius 2 is 0.985 bits per heavy atom. The molecule has 0 saturated heterocycles. The van der Waals surface area contributed by atoms with Gasteiger partial charge in [0.15, 0.2) is 0 Å². The van der Waals surface area contributed by atoms with E-state index in [1.54, 1.807) is 36.4 Å². The van der Waals surface area contributed by atoms with E-state index in [0.29, 0.717) is 46.1 Å². The second-order valence-corrected chi connectivity index (χ2v) is 19.0. The number of carbonyl (C=O) groups is 1. The number of primary sulfonamides is 1. The van der Waals surface area contributed by atoms with Gasteiger partial charge in [0.2, 0.25) is 15.9 Å². The molecule has 6 aromatic carbocycles. The number of nitrogens with one attached hydrogen (secondary N) is 1. The highest BCUT2D eigenvalue weighted by Crippen LogP contribution is 2.38. The van der Waals surface area contributed by atoms with Crippen LogP contribution in [0.5, 0.6) is 11.5 Å². The number of aromatic nitrogens is 2. The molecule has 0 radical (unpaired) electrons. The van der Waals surface area contributed by atoms with Crippen LogP contribution in [0.2, 0.25) is 10.0 Å². The highest BCUT2D eigenvalue weighted by Gasteiger charge is 2.20. The van der Waals surface area contributed by atoms with E-state index in [2.05, 4.69) is 0 Å². The molecule has 2 heterocycles. The van der Waals surface area contributed by atoms with Crippen LogP contribution in [0.25, 0.3) is 33.9 Å². The molecule has 0 atom stereocenters. The molecule has 0 unspecified atom stereocenters. The summed E-state index contributed by atoms with van der Waals surface area (Å²) in [7, 11) is -7.80. The van der Waals surface area contributed by atoms with Gasteiger partial charge < -0.3 is 18.6 Å². The molecule has 1 amide bonds. The van der Waals surface area contributed by atoms with Gasteiger partial charge in [0.25, 0.3) is 10.0 Å². The average Bonchev–Trinajstić information content (AvgIpc) is 3.87. The van der Waals surface area contributed by atoms with Crippen molar-refractivity contribution >= 4 is 49.2 Å². The summed E-state index contributed by atoms with van der Waals surface area (Å²) in [6.07, 6.45) is 0. The first-order valence-corrected chi connectivity index (χ1v) is 23.9. The van der Waals surface area contributed by atoms with Crippen LogP contribution in [0.1, 0.15) is 29.4 Å². The van der Waals surface area contributed by atoms with E-state index in [1.165, 1.54) is 18.2 Å². The van der Waals surface area contributed by atoms with E-state index in [0.717, 1.165) is 52.0 Å². The Balaban J connectivity index is 0.000000195. The number of nitrogens with zero attached hydrogens (tertiary/aromatic N) is 2. The maximum absolute atomic E-state index is 12.5. The molecule has 8 aromatic rings. The zero-order valence-corrected chi connectivity index (χ0v) is 38.6. The molecule has 8 rings (SSSR count). The lowest BCUT2D eigenvalue weighted by Gasteiger charge is -2.17. The predicted molar refractivity (Wildman–Crippen MR) is 256 cm³/mol. The maximum Gasteiger partial charge on any atom is 0.264 e. The van der Waals surface area contributed by atoms with Crippen LogP contribution in [0.3, 0.4) is 0 Å². The lowest BCUT2D eigenvalue weighted by Crippen LogP contribution is -2.28. The summed E-state index contributed by atoms with van der Waals surface area (Å²) in [5, 5.41) is 6.46. The van der Waals surface area contributed by atoms with Gasteiger partial charge in [0, 0.05) is 50.9 Å². The zero-order chi connectivity index (χ0) is 46.3. The summed E-state index contributed by atoms with van der Waals surface area (Å²) in [6.45, 7) is 5.83. The van der Waals surface area contributed by atoms with Gasteiger partial charge in [-0.15, -0.1) is 0 Å². The van der Waals surface area contributed by atoms with Gasteiger partial charge >= 0.3 is 0 Å². The van der Waals surface area contributed by atoms with Crippen molar-refractivity contribution in [2.45, 2.75) is 43.8 Å². The molecule has 3 N–H and O–H groups in total. The summed E-state index contributed by atoms with van der Waals surface area (Å²) in [4.78, 5) is 11.4. The third-order valence-corrected chi connectivity index (χ3v) is 12.9. The molecule has 332 valence electrons. The number of rotatable bonds is 13. The van der Waals surface area contributed by atoms with Gasteiger partial charge in [-0.25, -0.2) is 26.7 Å². The molecule has 11 nitrogen and oxygen atoms in total. The number of amides is 1. The van der Waals surface area contributed by atoms with Crippen LogP contribution in [0.4, 0.5) is 0 Å². The lowest BCUT2D eigenvalue weighted by molar-refractivity contribution is -0.117. The van der Waals surface area contributed by atoms with Gasteiger partial charge in [-0.2, -0.15) is 0 Å². The molecule has 0 aliphatic heterocycles. The van der Waals surface area contributed by atoms with Crippen molar-refractivity contribution in [2.24, 2.45) is 5.14 Å². The van der Waals surface area contributed by atoms with Crippen LogP contribution in [-0.2, 0) is 38.1 Å². The maximum atomic E-state index is 12.5. The minimum atomic E-state index is -3.98. The van der Waals surface area contributed by atoms with Crippen LogP contribution in [0.15, 0.2) is 180 Å². The molecule has 0 fully saturated rings. The van der Waals surface area contributed by atoms with Gasteiger partial charge in [-0.3, -0.25) is 4.79 Å². The van der Waals surface area contributed by atoms with E-state index in [9.17, 15) is 21.6 Å². The first-order chi connectivity index (χ1) is 31.1. The Hall–Kier alpha value is -6.61. The molecule has 2 aromatic heterocycles. The number of benzene rings is 6. The normalized spacial score (nSPS) is 11.4. The largest absolute Gasteiger partial charge is 0.488 e. The van der Waals surface area contributed by atoms with Crippen LogP contribution in [0, 0.1) is 13.8 Å². The topological polar surface area (TPSA) is 152 Å². The predicted octanol–water partition coefficient (Wildman–Crippen LogP) is 10.8. The molecule has 0 bridgehead atoms. The minimum absolute atomic E-state index is 0.00843. The number of hydrogen-bond donors (Lipinski definition) is 2. The van der Waals surface area contributed by atoms with E-state index >= 15 is 0 Å². The molecule has 65 heavy (non-hydrogen) atoms. The van der Waals surface area contributed by atoms with Crippen molar-refractivity contribution in [3.8, 4) is 45.4 Å². The third kappa shape index (κ3) is 11.4. The number of nitrogens with two attached hydrogens (primary N) is 1. The Kier molecular flexibility index (Phi) is 14.3. The van der Waals surface area contributed by atoms with Crippen LogP contribution >= 0.6 is 23.2 Å². The quantitative estimate of drug-likeness (QED) is 0.117. The van der Waals surface area contributed by atoms with Gasteiger partial charge in [-0.05, 0) is 122 Å². The smallest absolute Gasteiger partial charge is 0.264 e. The van der Waals surface area contributed by atoms with E-state index in [1.807, 2.05) is 143 Å². The van der Waals surface area contributed by atoms with Gasteiger partial charge in [0.05, 0.1) is 21.2 Å². The summed E-state index contributed by atoms with van der Waals surface area (Å²) < 4.78 is 66.9. The van der Waals surface area contributed by atoms with Crippen LogP contribution < -0.4 is 19.3 Å². The van der Waals surface area contributed by atoms with Gasteiger partial charge in [0.1, 0.15) is 24.7 Å². The van der Waals surface area contributed by atoms with Crippen molar-refractivity contribution in [3.05, 3.63) is 202 Å². The summed E-state index contributed by atoms with van der Waals surface area (Å²) in [5.41, 5.74) is 8.39. The fourth-order valence-electron chi connectivity index (χ4n) is 7.15. The Morgan fingerprint density at radius 1 is 0.554 bits per heavy atom. The number of carbonyl (C=O) groups excluding carboxylic acids is 1. The average molecular weight is 948 g/mol. The van der Waals surface area contributed by atoms with Gasteiger partial charge in [-0.1, -0.05) is 96.0 Å². The van der Waals surface area contributed by atoms with E-state index in [4.69, 9.17) is 37.8 Å². The zero-order valence-electron chi connectivity index (χ0n) is 35.5. The molecule has 15 heteroatoms. The van der Waals surface area contributed by atoms with Crippen LogP contribution in [-0.4, -0.2) is 31.9 Å². The van der Waals surface area contributed by atoms with Crippen molar-refractivity contribution in [3.63, 3.8) is 0 Å². The van der Waals surface area contributed by atoms with E-state index < -0.39 is 26.0 Å². The molecule has 0 saturated carbocycles. The standard InChI is InChI=1S/C26H23ClN2O4S.C24H21ClN2O3S/c1-18-11-13-25(29(18)22-9-6-10-23(16-22)34(31,32)28-19(2)30)24-15-21(27)12-14-26(24)33-17-20-7-4-3-5-8-20;1-17-10-12-23(27(17)20-8-5-9-21(15-20)31(26,28)29)22-14-19(25)11-13-24(22)30-16-18-6-3-2-4-7-18/h3-16H,17H2,1-2H3,(H,28,30);2-15H,16H2,1H3,(H2,26,28,29). The monoisotopic (exact) mass is 946 g/mol. The highest BCUT2D eigenvalue weighted by molar-refractivity contribution is 7.90. The molecular formula is C50H44Cl2N4O7S2. The SMILES string of the molecule is CC(=O)NS(=O)(=O)c1cccc(-n2c(C)ccc2-c2cc(Cl)ccc2OCc2ccccc2)c1.Cc1ccc(-c2cc(Cl)ccc2OCc2ccccc2)n1-c1cccc(S(N)(=O)=O)c1. The van der Waals surface area contributed by atoms with Crippen molar-refractivity contribution in [2.75, 3.05) is 0 Å². The summed E-state index contributed by atoms with van der Waals surface area (Å²) in [6, 6.07) is 51.4.